The lowest BCUT2D eigenvalue weighted by Gasteiger charge is -2.15. The molecule has 1 aromatic heterocycles. The summed E-state index contributed by atoms with van der Waals surface area (Å²) in [6.07, 6.45) is 6.66. The number of hydrogen-bond donors (Lipinski definition) is 2. The van der Waals surface area contributed by atoms with Crippen LogP contribution in [0.1, 0.15) is 43.9 Å². The topological polar surface area (TPSA) is 57.2 Å². The fourth-order valence-electron chi connectivity index (χ4n) is 4.55. The molecule has 2 N–H and O–H groups in total. The summed E-state index contributed by atoms with van der Waals surface area (Å²) in [5.41, 5.74) is 6.21. The number of carbonyl (C=O) groups is 1. The summed E-state index contributed by atoms with van der Waals surface area (Å²) in [6.45, 7) is 4.29. The highest BCUT2D eigenvalue weighted by Gasteiger charge is 2.64. The van der Waals surface area contributed by atoms with Crippen molar-refractivity contribution in [3.05, 3.63) is 35.5 Å². The van der Waals surface area contributed by atoms with Crippen LogP contribution in [0.2, 0.25) is 0 Å². The number of para-hydroxylation sites is 1. The minimum absolute atomic E-state index is 0.0909. The Morgan fingerprint density at radius 3 is 3.00 bits per heavy atom. The maximum absolute atomic E-state index is 12.4. The lowest BCUT2D eigenvalue weighted by atomic mass is 9.90. The van der Waals surface area contributed by atoms with Crippen LogP contribution in [0.4, 0.5) is 0 Å². The number of rotatable bonds is 3. The first-order valence-electron chi connectivity index (χ1n) is 8.51. The van der Waals surface area contributed by atoms with Crippen LogP contribution in [0.5, 0.6) is 0 Å². The number of amides is 1. The van der Waals surface area contributed by atoms with Crippen molar-refractivity contribution in [2.45, 2.75) is 39.5 Å². The van der Waals surface area contributed by atoms with Crippen molar-refractivity contribution in [3.8, 4) is 0 Å². The molecular weight excluding hydrogens is 286 g/mol. The van der Waals surface area contributed by atoms with E-state index in [0.29, 0.717) is 5.92 Å². The molecule has 2 saturated carbocycles. The first-order chi connectivity index (χ1) is 11.1. The number of carbonyl (C=O) groups excluding carboxylic acids is 1. The molecule has 2 aliphatic rings. The number of benzene rings is 1. The molecule has 2 aromatic rings. The maximum Gasteiger partial charge on any atom is 0.244 e. The van der Waals surface area contributed by atoms with Gasteiger partial charge in [-0.05, 0) is 37.2 Å². The zero-order valence-electron chi connectivity index (χ0n) is 13.7. The molecule has 0 aliphatic heterocycles. The Morgan fingerprint density at radius 2 is 2.22 bits per heavy atom. The van der Waals surface area contributed by atoms with Gasteiger partial charge in [0.25, 0.3) is 0 Å². The van der Waals surface area contributed by atoms with Gasteiger partial charge in [-0.25, -0.2) is 5.43 Å². The molecule has 3 atom stereocenters. The highest BCUT2D eigenvalue weighted by molar-refractivity contribution is 6.00. The van der Waals surface area contributed by atoms with Crippen molar-refractivity contribution >= 4 is 23.0 Å². The van der Waals surface area contributed by atoms with Crippen LogP contribution in [0, 0.1) is 24.2 Å². The van der Waals surface area contributed by atoms with Gasteiger partial charge in [-0.3, -0.25) is 4.79 Å². The molecule has 1 aromatic carbocycles. The highest BCUT2D eigenvalue weighted by Crippen LogP contribution is 2.66. The minimum Gasteiger partial charge on any atom is -0.358 e. The number of aromatic nitrogens is 1. The zero-order valence-corrected chi connectivity index (χ0v) is 13.7. The predicted molar refractivity (Wildman–Crippen MR) is 92.3 cm³/mol. The molecule has 120 valence electrons. The number of hydrazone groups is 1. The summed E-state index contributed by atoms with van der Waals surface area (Å²) < 4.78 is 0. The van der Waals surface area contributed by atoms with Crippen molar-refractivity contribution in [1.82, 2.24) is 10.4 Å². The van der Waals surface area contributed by atoms with Gasteiger partial charge >= 0.3 is 0 Å². The fraction of sp³-hybridized carbons (Fsp3) is 0.474. The summed E-state index contributed by atoms with van der Waals surface area (Å²) in [4.78, 5) is 15.8. The molecule has 4 rings (SSSR count). The van der Waals surface area contributed by atoms with E-state index in [2.05, 4.69) is 28.5 Å². The Hall–Kier alpha value is -2.10. The van der Waals surface area contributed by atoms with Crippen LogP contribution in [-0.2, 0) is 4.79 Å². The Bertz CT molecular complexity index is 791. The second-order valence-electron chi connectivity index (χ2n) is 7.28. The molecule has 2 fully saturated rings. The van der Waals surface area contributed by atoms with Gasteiger partial charge in [-0.1, -0.05) is 38.0 Å². The van der Waals surface area contributed by atoms with Crippen LogP contribution in [0.3, 0.4) is 0 Å². The summed E-state index contributed by atoms with van der Waals surface area (Å²) in [6, 6.07) is 8.14. The van der Waals surface area contributed by atoms with Gasteiger partial charge in [0.05, 0.1) is 6.21 Å². The quantitative estimate of drug-likeness (QED) is 0.658. The normalized spacial score (nSPS) is 29.7. The van der Waals surface area contributed by atoms with Gasteiger partial charge in [-0.2, -0.15) is 5.10 Å². The average molecular weight is 309 g/mol. The van der Waals surface area contributed by atoms with E-state index in [9.17, 15) is 4.79 Å². The molecule has 0 spiro atoms. The molecule has 0 radical (unpaired) electrons. The van der Waals surface area contributed by atoms with E-state index < -0.39 is 0 Å². The number of H-pyrrole nitrogens is 1. The van der Waals surface area contributed by atoms with Gasteiger partial charge < -0.3 is 4.98 Å². The Kier molecular flexibility index (Phi) is 3.29. The third-order valence-electron chi connectivity index (χ3n) is 5.93. The van der Waals surface area contributed by atoms with E-state index in [-0.39, 0.29) is 17.2 Å². The molecular formula is C19H23N3O. The first kappa shape index (κ1) is 14.5. The van der Waals surface area contributed by atoms with E-state index in [1.54, 1.807) is 6.21 Å². The van der Waals surface area contributed by atoms with Crippen LogP contribution >= 0.6 is 0 Å². The summed E-state index contributed by atoms with van der Waals surface area (Å²) in [5, 5.41) is 5.36. The van der Waals surface area contributed by atoms with E-state index in [4.69, 9.17) is 0 Å². The van der Waals surface area contributed by atoms with Gasteiger partial charge in [-0.15, -0.1) is 0 Å². The maximum atomic E-state index is 12.4. The molecule has 4 nitrogen and oxygen atoms in total. The number of nitrogens with one attached hydrogen (secondary N) is 2. The van der Waals surface area contributed by atoms with Gasteiger partial charge in [0.1, 0.15) is 0 Å². The van der Waals surface area contributed by atoms with E-state index in [1.165, 1.54) is 25.7 Å². The van der Waals surface area contributed by atoms with Crippen LogP contribution < -0.4 is 5.43 Å². The van der Waals surface area contributed by atoms with Crippen molar-refractivity contribution in [2.24, 2.45) is 22.4 Å². The Morgan fingerprint density at radius 1 is 1.39 bits per heavy atom. The average Bonchev–Trinajstić information content (AvgIpc) is 3.05. The fourth-order valence-corrected chi connectivity index (χ4v) is 4.55. The van der Waals surface area contributed by atoms with Crippen LogP contribution in [0.25, 0.3) is 10.9 Å². The lowest BCUT2D eigenvalue weighted by Crippen LogP contribution is -2.22. The van der Waals surface area contributed by atoms with Crippen LogP contribution in [0.15, 0.2) is 29.4 Å². The van der Waals surface area contributed by atoms with Gasteiger partial charge in [0, 0.05) is 28.1 Å². The standard InChI is InChI=1S/C19H23N3O/c1-12-14(13-7-3-4-9-16(13)21-12)11-20-22-18(23)17-15-8-5-6-10-19(15,17)2/h3-4,7,9,11,15,17,21H,5-6,8,10H2,1-2H3,(H,22,23)/b20-11-/t15-,17+,19-/m1/s1. The molecule has 0 bridgehead atoms. The van der Waals surface area contributed by atoms with E-state index >= 15 is 0 Å². The smallest absolute Gasteiger partial charge is 0.244 e. The number of aromatic amines is 1. The highest BCUT2D eigenvalue weighted by atomic mass is 16.2. The van der Waals surface area contributed by atoms with Crippen molar-refractivity contribution < 1.29 is 4.79 Å². The van der Waals surface area contributed by atoms with E-state index in [0.717, 1.165) is 22.2 Å². The SMILES string of the molecule is Cc1[nH]c2ccccc2c1/C=N\NC(=O)[C@@H]1[C@H]2CCCC[C@]21C. The van der Waals surface area contributed by atoms with Crippen LogP contribution in [-0.4, -0.2) is 17.1 Å². The Labute approximate surface area is 136 Å². The number of nitrogens with zero attached hydrogens (tertiary/aromatic N) is 1. The third-order valence-corrected chi connectivity index (χ3v) is 5.93. The summed E-state index contributed by atoms with van der Waals surface area (Å²) in [7, 11) is 0. The number of aryl methyl sites for hydroxylation is 1. The molecule has 1 amide bonds. The van der Waals surface area contributed by atoms with Gasteiger partial charge in [0.2, 0.25) is 5.91 Å². The second kappa shape index (κ2) is 5.22. The zero-order chi connectivity index (χ0) is 16.0. The van der Waals surface area contributed by atoms with E-state index in [1.807, 2.05) is 25.1 Å². The second-order valence-corrected chi connectivity index (χ2v) is 7.28. The number of fused-ring (bicyclic) bond motifs is 2. The van der Waals surface area contributed by atoms with Crippen molar-refractivity contribution in [1.29, 1.82) is 0 Å². The van der Waals surface area contributed by atoms with Crippen molar-refractivity contribution in [2.75, 3.05) is 0 Å². The molecule has 2 aliphatic carbocycles. The van der Waals surface area contributed by atoms with Crippen molar-refractivity contribution in [3.63, 3.8) is 0 Å². The largest absolute Gasteiger partial charge is 0.358 e. The summed E-state index contributed by atoms with van der Waals surface area (Å²) in [5.74, 6) is 0.820. The molecule has 23 heavy (non-hydrogen) atoms. The third kappa shape index (κ3) is 2.28. The Balaban J connectivity index is 1.47. The number of hydrogen-bond acceptors (Lipinski definition) is 2. The monoisotopic (exact) mass is 309 g/mol. The molecule has 0 saturated heterocycles. The first-order valence-corrected chi connectivity index (χ1v) is 8.51. The summed E-state index contributed by atoms with van der Waals surface area (Å²) >= 11 is 0. The molecule has 1 heterocycles. The lowest BCUT2D eigenvalue weighted by molar-refractivity contribution is -0.123. The predicted octanol–water partition coefficient (Wildman–Crippen LogP) is 3.75. The molecule has 0 unspecified atom stereocenters. The minimum atomic E-state index is 0.0909. The van der Waals surface area contributed by atoms with Gasteiger partial charge in [0.15, 0.2) is 0 Å². The molecule has 4 heteroatoms.